The summed E-state index contributed by atoms with van der Waals surface area (Å²) in [5, 5.41) is 1.06. The van der Waals surface area contributed by atoms with Crippen LogP contribution < -0.4 is 5.73 Å². The molecule has 2 heterocycles. The van der Waals surface area contributed by atoms with E-state index in [0.717, 1.165) is 60.0 Å². The van der Waals surface area contributed by atoms with E-state index < -0.39 is 9.84 Å². The number of nitrogens with zero attached hydrogens (tertiary/aromatic N) is 3. The number of aryl methyl sites for hydroxylation is 2. The van der Waals surface area contributed by atoms with Crippen LogP contribution in [0.25, 0.3) is 21.9 Å². The highest BCUT2D eigenvalue weighted by Crippen LogP contribution is 2.28. The van der Waals surface area contributed by atoms with Gasteiger partial charge in [-0.15, -0.1) is 0 Å². The maximum absolute atomic E-state index is 11.2. The van der Waals surface area contributed by atoms with Gasteiger partial charge in [-0.1, -0.05) is 31.0 Å². The van der Waals surface area contributed by atoms with Crippen LogP contribution >= 0.6 is 0 Å². The Bertz CT molecular complexity index is 1010. The molecule has 0 spiro atoms. The third-order valence-corrected chi connectivity index (χ3v) is 5.48. The average molecular weight is 360 g/mol. The zero-order chi connectivity index (χ0) is 18.0. The van der Waals surface area contributed by atoms with Crippen molar-refractivity contribution in [3.63, 3.8) is 0 Å². The third-order valence-electron chi connectivity index (χ3n) is 4.45. The van der Waals surface area contributed by atoms with Gasteiger partial charge in [0, 0.05) is 23.9 Å². The van der Waals surface area contributed by atoms with Crippen molar-refractivity contribution in [3.8, 4) is 0 Å². The highest BCUT2D eigenvalue weighted by atomic mass is 32.2. The molecule has 1 aromatic carbocycles. The highest BCUT2D eigenvalue weighted by molar-refractivity contribution is 7.90. The van der Waals surface area contributed by atoms with Gasteiger partial charge >= 0.3 is 0 Å². The monoisotopic (exact) mass is 360 g/mol. The standard InChI is InChI=1S/C18H24N4O2S/c1-13-20-16-17(14-9-5-6-10-15(14)21-18(16)19)22(13)11-7-3-4-8-12-25(2,23)24/h5-6,9-10H,3-4,7-8,11-12H2,1-2H3,(H2,19,21). The van der Waals surface area contributed by atoms with E-state index in [4.69, 9.17) is 5.73 Å². The molecule has 0 aliphatic carbocycles. The molecule has 0 saturated heterocycles. The minimum atomic E-state index is -2.86. The van der Waals surface area contributed by atoms with Crippen LogP contribution in [0.2, 0.25) is 0 Å². The van der Waals surface area contributed by atoms with Gasteiger partial charge in [0.25, 0.3) is 0 Å². The molecule has 2 aromatic heterocycles. The molecule has 3 aromatic rings. The maximum atomic E-state index is 11.2. The molecule has 6 nitrogen and oxygen atoms in total. The van der Waals surface area contributed by atoms with Gasteiger partial charge in [0.1, 0.15) is 21.2 Å². The van der Waals surface area contributed by atoms with Crippen molar-refractivity contribution in [2.24, 2.45) is 0 Å². The van der Waals surface area contributed by atoms with E-state index in [0.29, 0.717) is 5.82 Å². The molecule has 0 fully saturated rings. The molecular weight excluding hydrogens is 336 g/mol. The molecular formula is C18H24N4O2S. The summed E-state index contributed by atoms with van der Waals surface area (Å²) in [6.45, 7) is 2.83. The van der Waals surface area contributed by atoms with Crippen molar-refractivity contribution in [2.45, 2.75) is 39.2 Å². The van der Waals surface area contributed by atoms with Crippen LogP contribution in [-0.4, -0.2) is 35.0 Å². The first-order chi connectivity index (χ1) is 11.9. The summed E-state index contributed by atoms with van der Waals surface area (Å²) in [5.74, 6) is 1.66. The van der Waals surface area contributed by atoms with Crippen LogP contribution in [0.3, 0.4) is 0 Å². The van der Waals surface area contributed by atoms with Gasteiger partial charge in [-0.05, 0) is 25.8 Å². The normalized spacial score (nSPS) is 12.2. The number of unbranched alkanes of at least 4 members (excludes halogenated alkanes) is 3. The quantitative estimate of drug-likeness (QED) is 0.654. The van der Waals surface area contributed by atoms with E-state index in [2.05, 4.69) is 14.5 Å². The lowest BCUT2D eigenvalue weighted by Gasteiger charge is -2.09. The van der Waals surface area contributed by atoms with E-state index in [1.807, 2.05) is 31.2 Å². The predicted molar refractivity (Wildman–Crippen MR) is 102 cm³/mol. The number of pyridine rings is 1. The molecule has 0 aliphatic rings. The molecule has 3 rings (SSSR count). The number of hydrogen-bond acceptors (Lipinski definition) is 5. The Labute approximate surface area is 148 Å². The molecule has 7 heteroatoms. The summed E-state index contributed by atoms with van der Waals surface area (Å²) in [6.07, 6.45) is 4.91. The number of anilines is 1. The number of nitrogen functional groups attached to an aromatic ring is 1. The van der Waals surface area contributed by atoms with E-state index in [1.165, 1.54) is 6.26 Å². The van der Waals surface area contributed by atoms with Crippen LogP contribution in [0, 0.1) is 6.92 Å². The summed E-state index contributed by atoms with van der Waals surface area (Å²) < 4.78 is 24.5. The fraction of sp³-hybridized carbons (Fsp3) is 0.444. The van der Waals surface area contributed by atoms with Crippen molar-refractivity contribution < 1.29 is 8.42 Å². The molecule has 2 N–H and O–H groups in total. The number of fused-ring (bicyclic) bond motifs is 3. The van der Waals surface area contributed by atoms with Gasteiger partial charge < -0.3 is 10.3 Å². The predicted octanol–water partition coefficient (Wildman–Crippen LogP) is 3.08. The fourth-order valence-corrected chi connectivity index (χ4v) is 3.96. The van der Waals surface area contributed by atoms with Crippen molar-refractivity contribution >= 4 is 37.6 Å². The lowest BCUT2D eigenvalue weighted by Crippen LogP contribution is -2.04. The lowest BCUT2D eigenvalue weighted by atomic mass is 10.1. The number of imidazole rings is 1. The van der Waals surface area contributed by atoms with Gasteiger partial charge in [0.15, 0.2) is 5.82 Å². The van der Waals surface area contributed by atoms with Gasteiger partial charge in [0.2, 0.25) is 0 Å². The van der Waals surface area contributed by atoms with Crippen LogP contribution in [0.4, 0.5) is 5.82 Å². The summed E-state index contributed by atoms with van der Waals surface area (Å²) in [5.41, 5.74) is 8.77. The molecule has 0 amide bonds. The smallest absolute Gasteiger partial charge is 0.152 e. The number of sulfone groups is 1. The number of para-hydroxylation sites is 1. The van der Waals surface area contributed by atoms with Crippen LogP contribution in [0.5, 0.6) is 0 Å². The van der Waals surface area contributed by atoms with Crippen molar-refractivity contribution in [3.05, 3.63) is 30.1 Å². The van der Waals surface area contributed by atoms with Crippen LogP contribution in [0.15, 0.2) is 24.3 Å². The summed E-state index contributed by atoms with van der Waals surface area (Å²) in [7, 11) is -2.86. The minimum Gasteiger partial charge on any atom is -0.382 e. The molecule has 0 aliphatic heterocycles. The zero-order valence-electron chi connectivity index (χ0n) is 14.7. The molecule has 0 saturated carbocycles. The Morgan fingerprint density at radius 2 is 1.80 bits per heavy atom. The highest BCUT2D eigenvalue weighted by Gasteiger charge is 2.14. The van der Waals surface area contributed by atoms with Gasteiger partial charge in [-0.25, -0.2) is 18.4 Å². The molecule has 134 valence electrons. The number of aromatic nitrogens is 3. The van der Waals surface area contributed by atoms with E-state index in [-0.39, 0.29) is 5.75 Å². The van der Waals surface area contributed by atoms with Gasteiger partial charge in [-0.2, -0.15) is 0 Å². The molecule has 25 heavy (non-hydrogen) atoms. The number of nitrogens with two attached hydrogens (primary N) is 1. The first-order valence-corrected chi connectivity index (χ1v) is 10.6. The summed E-state index contributed by atoms with van der Waals surface area (Å²) in [6, 6.07) is 7.96. The van der Waals surface area contributed by atoms with E-state index >= 15 is 0 Å². The number of rotatable bonds is 7. The SMILES string of the molecule is Cc1nc2c(N)nc3ccccc3c2n1CCCCCCS(C)(=O)=O. The minimum absolute atomic E-state index is 0.271. The summed E-state index contributed by atoms with van der Waals surface area (Å²) >= 11 is 0. The molecule has 0 atom stereocenters. The molecule has 0 radical (unpaired) electrons. The fourth-order valence-electron chi connectivity index (χ4n) is 3.23. The Morgan fingerprint density at radius 1 is 1.08 bits per heavy atom. The van der Waals surface area contributed by atoms with Crippen LogP contribution in [0.1, 0.15) is 31.5 Å². The second-order valence-corrected chi connectivity index (χ2v) is 8.83. The van der Waals surface area contributed by atoms with Crippen molar-refractivity contribution in [1.82, 2.24) is 14.5 Å². The Morgan fingerprint density at radius 3 is 2.56 bits per heavy atom. The van der Waals surface area contributed by atoms with E-state index in [9.17, 15) is 8.42 Å². The van der Waals surface area contributed by atoms with Crippen molar-refractivity contribution in [1.29, 1.82) is 0 Å². The second kappa shape index (κ2) is 7.00. The number of benzene rings is 1. The topological polar surface area (TPSA) is 90.9 Å². The largest absolute Gasteiger partial charge is 0.382 e. The molecule has 0 unspecified atom stereocenters. The second-order valence-electron chi connectivity index (χ2n) is 6.57. The van der Waals surface area contributed by atoms with Gasteiger partial charge in [0.05, 0.1) is 11.0 Å². The zero-order valence-corrected chi connectivity index (χ0v) is 15.5. The molecule has 0 bridgehead atoms. The third kappa shape index (κ3) is 3.92. The van der Waals surface area contributed by atoms with E-state index in [1.54, 1.807) is 0 Å². The Hall–Kier alpha value is -2.15. The first kappa shape index (κ1) is 17.7. The first-order valence-electron chi connectivity index (χ1n) is 8.55. The summed E-state index contributed by atoms with van der Waals surface area (Å²) in [4.78, 5) is 9.05. The number of hydrogen-bond donors (Lipinski definition) is 1. The lowest BCUT2D eigenvalue weighted by molar-refractivity contribution is 0.573. The maximum Gasteiger partial charge on any atom is 0.152 e. The average Bonchev–Trinajstić information content (AvgIpc) is 2.87. The van der Waals surface area contributed by atoms with Gasteiger partial charge in [-0.3, -0.25) is 0 Å². The van der Waals surface area contributed by atoms with Crippen LogP contribution in [-0.2, 0) is 16.4 Å². The Kier molecular flexibility index (Phi) is 4.94. The Balaban J connectivity index is 1.79. The van der Waals surface area contributed by atoms with Crippen molar-refractivity contribution in [2.75, 3.05) is 17.7 Å².